The third-order valence-electron chi connectivity index (χ3n) is 3.95. The third-order valence-corrected chi connectivity index (χ3v) is 3.95. The molecular formula is C15H19N3O. The highest BCUT2D eigenvalue weighted by Gasteiger charge is 2.16. The third kappa shape index (κ3) is 2.40. The van der Waals surface area contributed by atoms with E-state index in [2.05, 4.69) is 10.3 Å². The summed E-state index contributed by atoms with van der Waals surface area (Å²) < 4.78 is 1.85. The molecule has 0 spiro atoms. The summed E-state index contributed by atoms with van der Waals surface area (Å²) in [4.78, 5) is 17.1. The number of piperidine rings is 1. The summed E-state index contributed by atoms with van der Waals surface area (Å²) in [5.74, 6) is 1.41. The van der Waals surface area contributed by atoms with Gasteiger partial charge in [-0.3, -0.25) is 9.36 Å². The summed E-state index contributed by atoms with van der Waals surface area (Å²) >= 11 is 0. The first-order valence-electron chi connectivity index (χ1n) is 6.92. The molecule has 1 aliphatic heterocycles. The minimum Gasteiger partial charge on any atom is -0.317 e. The molecule has 0 unspecified atom stereocenters. The fourth-order valence-corrected chi connectivity index (χ4v) is 2.82. The minimum absolute atomic E-state index is 0.0987. The van der Waals surface area contributed by atoms with Gasteiger partial charge < -0.3 is 5.32 Å². The Morgan fingerprint density at radius 2 is 2.05 bits per heavy atom. The molecule has 1 aromatic heterocycles. The average molecular weight is 257 g/mol. The van der Waals surface area contributed by atoms with E-state index in [1.165, 1.54) is 0 Å². The van der Waals surface area contributed by atoms with Gasteiger partial charge in [0.1, 0.15) is 5.82 Å². The molecule has 0 aliphatic carbocycles. The van der Waals surface area contributed by atoms with Gasteiger partial charge in [0.05, 0.1) is 10.9 Å². The topological polar surface area (TPSA) is 46.9 Å². The maximum atomic E-state index is 12.5. The summed E-state index contributed by atoms with van der Waals surface area (Å²) in [7, 11) is 0. The Morgan fingerprint density at radius 1 is 1.32 bits per heavy atom. The molecule has 0 amide bonds. The van der Waals surface area contributed by atoms with Gasteiger partial charge in [0.25, 0.3) is 5.56 Å². The first-order valence-corrected chi connectivity index (χ1v) is 6.92. The molecule has 2 heterocycles. The highest BCUT2D eigenvalue weighted by Crippen LogP contribution is 2.15. The summed E-state index contributed by atoms with van der Waals surface area (Å²) in [6, 6.07) is 7.59. The second-order valence-corrected chi connectivity index (χ2v) is 5.29. The number of hydrogen-bond donors (Lipinski definition) is 1. The molecule has 4 heteroatoms. The van der Waals surface area contributed by atoms with E-state index in [4.69, 9.17) is 0 Å². The largest absolute Gasteiger partial charge is 0.317 e. The fourth-order valence-electron chi connectivity index (χ4n) is 2.82. The van der Waals surface area contributed by atoms with Crippen LogP contribution in [0.25, 0.3) is 10.9 Å². The Hall–Kier alpha value is -1.68. The minimum atomic E-state index is 0.0987. The summed E-state index contributed by atoms with van der Waals surface area (Å²) in [5.41, 5.74) is 0.896. The van der Waals surface area contributed by atoms with E-state index in [-0.39, 0.29) is 5.56 Å². The first kappa shape index (κ1) is 12.4. The van der Waals surface area contributed by atoms with Gasteiger partial charge in [-0.1, -0.05) is 12.1 Å². The molecule has 1 aromatic carbocycles. The molecule has 0 radical (unpaired) electrons. The molecule has 0 saturated carbocycles. The molecule has 0 atom stereocenters. The van der Waals surface area contributed by atoms with Gasteiger partial charge in [0.2, 0.25) is 0 Å². The van der Waals surface area contributed by atoms with Crippen LogP contribution in [0.5, 0.6) is 0 Å². The van der Waals surface area contributed by atoms with Crippen molar-refractivity contribution in [2.24, 2.45) is 5.92 Å². The summed E-state index contributed by atoms with van der Waals surface area (Å²) in [6.45, 7) is 4.83. The number of hydrogen-bond acceptors (Lipinski definition) is 3. The van der Waals surface area contributed by atoms with Gasteiger partial charge >= 0.3 is 0 Å². The lowest BCUT2D eigenvalue weighted by Crippen LogP contribution is -2.33. The van der Waals surface area contributed by atoms with Crippen molar-refractivity contribution in [3.8, 4) is 0 Å². The number of fused-ring (bicyclic) bond motifs is 1. The molecule has 1 saturated heterocycles. The van der Waals surface area contributed by atoms with Gasteiger partial charge in [-0.2, -0.15) is 0 Å². The van der Waals surface area contributed by atoms with Crippen LogP contribution in [-0.4, -0.2) is 22.6 Å². The maximum absolute atomic E-state index is 12.5. The van der Waals surface area contributed by atoms with Crippen LogP contribution < -0.4 is 10.9 Å². The lowest BCUT2D eigenvalue weighted by Gasteiger charge is -2.24. The normalized spacial score (nSPS) is 16.9. The Labute approximate surface area is 112 Å². The zero-order valence-corrected chi connectivity index (χ0v) is 11.2. The van der Waals surface area contributed by atoms with Crippen LogP contribution in [0, 0.1) is 12.8 Å². The zero-order valence-electron chi connectivity index (χ0n) is 11.2. The van der Waals surface area contributed by atoms with E-state index in [9.17, 15) is 4.79 Å². The van der Waals surface area contributed by atoms with Crippen molar-refractivity contribution in [1.82, 2.24) is 14.9 Å². The Kier molecular flexibility index (Phi) is 3.34. The van der Waals surface area contributed by atoms with Crippen molar-refractivity contribution in [2.75, 3.05) is 13.1 Å². The van der Waals surface area contributed by atoms with Crippen LogP contribution in [0.4, 0.5) is 0 Å². The number of aryl methyl sites for hydroxylation is 1. The average Bonchev–Trinajstić information content (AvgIpc) is 2.45. The second-order valence-electron chi connectivity index (χ2n) is 5.29. The van der Waals surface area contributed by atoms with Crippen LogP contribution in [-0.2, 0) is 6.54 Å². The molecule has 3 rings (SSSR count). The standard InChI is InChI=1S/C15H19N3O/c1-11-17-14-5-3-2-4-13(14)15(19)18(11)10-12-6-8-16-9-7-12/h2-5,12,16H,6-10H2,1H3. The van der Waals surface area contributed by atoms with Crippen molar-refractivity contribution >= 4 is 10.9 Å². The van der Waals surface area contributed by atoms with E-state index in [1.54, 1.807) is 0 Å². The maximum Gasteiger partial charge on any atom is 0.261 e. The monoisotopic (exact) mass is 257 g/mol. The Balaban J connectivity index is 2.00. The molecular weight excluding hydrogens is 238 g/mol. The van der Waals surface area contributed by atoms with Gasteiger partial charge in [-0.05, 0) is 50.9 Å². The van der Waals surface area contributed by atoms with Crippen molar-refractivity contribution in [3.05, 3.63) is 40.4 Å². The highest BCUT2D eigenvalue weighted by molar-refractivity contribution is 5.77. The second kappa shape index (κ2) is 5.13. The number of nitrogens with one attached hydrogen (secondary N) is 1. The predicted molar refractivity (Wildman–Crippen MR) is 76.3 cm³/mol. The van der Waals surface area contributed by atoms with Gasteiger partial charge in [-0.15, -0.1) is 0 Å². The van der Waals surface area contributed by atoms with E-state index >= 15 is 0 Å². The fraction of sp³-hybridized carbons (Fsp3) is 0.467. The number of rotatable bonds is 2. The lowest BCUT2D eigenvalue weighted by atomic mass is 9.98. The molecule has 1 N–H and O–H groups in total. The van der Waals surface area contributed by atoms with Gasteiger partial charge in [0, 0.05) is 6.54 Å². The highest BCUT2D eigenvalue weighted by atomic mass is 16.1. The molecule has 19 heavy (non-hydrogen) atoms. The van der Waals surface area contributed by atoms with Crippen LogP contribution in [0.3, 0.4) is 0 Å². The van der Waals surface area contributed by atoms with Crippen LogP contribution in [0.2, 0.25) is 0 Å². The van der Waals surface area contributed by atoms with Crippen molar-refractivity contribution in [1.29, 1.82) is 0 Å². The molecule has 2 aromatic rings. The van der Waals surface area contributed by atoms with Crippen LogP contribution in [0.15, 0.2) is 29.1 Å². The van der Waals surface area contributed by atoms with E-state index in [1.807, 2.05) is 35.8 Å². The van der Waals surface area contributed by atoms with Crippen molar-refractivity contribution in [2.45, 2.75) is 26.3 Å². The summed E-state index contributed by atoms with van der Waals surface area (Å²) in [6.07, 6.45) is 2.28. The van der Waals surface area contributed by atoms with Gasteiger partial charge in [0.15, 0.2) is 0 Å². The van der Waals surface area contributed by atoms with Crippen molar-refractivity contribution < 1.29 is 0 Å². The molecule has 100 valence electrons. The summed E-state index contributed by atoms with van der Waals surface area (Å²) in [5, 5.41) is 4.08. The Bertz CT molecular complexity index is 641. The predicted octanol–water partition coefficient (Wildman–Crippen LogP) is 1.70. The number of para-hydroxylation sites is 1. The van der Waals surface area contributed by atoms with E-state index < -0.39 is 0 Å². The van der Waals surface area contributed by atoms with E-state index in [0.717, 1.165) is 49.2 Å². The zero-order chi connectivity index (χ0) is 13.2. The smallest absolute Gasteiger partial charge is 0.261 e. The van der Waals surface area contributed by atoms with Gasteiger partial charge in [-0.25, -0.2) is 4.98 Å². The quantitative estimate of drug-likeness (QED) is 0.891. The first-order chi connectivity index (χ1) is 9.25. The van der Waals surface area contributed by atoms with Crippen LogP contribution >= 0.6 is 0 Å². The van der Waals surface area contributed by atoms with E-state index in [0.29, 0.717) is 5.92 Å². The van der Waals surface area contributed by atoms with Crippen molar-refractivity contribution in [3.63, 3.8) is 0 Å². The molecule has 0 bridgehead atoms. The Morgan fingerprint density at radius 3 is 2.84 bits per heavy atom. The lowest BCUT2D eigenvalue weighted by molar-refractivity contribution is 0.326. The number of benzene rings is 1. The molecule has 1 fully saturated rings. The molecule has 1 aliphatic rings. The number of nitrogens with zero attached hydrogens (tertiary/aromatic N) is 2. The van der Waals surface area contributed by atoms with Crippen LogP contribution in [0.1, 0.15) is 18.7 Å². The molecule has 4 nitrogen and oxygen atoms in total. The number of aromatic nitrogens is 2. The SMILES string of the molecule is Cc1nc2ccccc2c(=O)n1CC1CCNCC1.